The third kappa shape index (κ3) is 3.47. The van der Waals surface area contributed by atoms with Crippen LogP contribution in [0.15, 0.2) is 24.3 Å². The van der Waals surface area contributed by atoms with Crippen LogP contribution in [0.25, 0.3) is 0 Å². The Morgan fingerprint density at radius 2 is 1.89 bits per heavy atom. The first-order valence-corrected chi connectivity index (χ1v) is 6.93. The molecule has 18 heavy (non-hydrogen) atoms. The molecule has 0 aliphatic heterocycles. The molecule has 0 aromatic heterocycles. The number of hydrogen-bond acceptors (Lipinski definition) is 3. The molecule has 1 unspecified atom stereocenters. The maximum absolute atomic E-state index is 5.90. The molecule has 3 nitrogen and oxygen atoms in total. The Hall–Kier alpha value is -1.06. The van der Waals surface area contributed by atoms with Gasteiger partial charge in [0.2, 0.25) is 0 Å². The van der Waals surface area contributed by atoms with Crippen molar-refractivity contribution in [3.05, 3.63) is 29.8 Å². The fourth-order valence-electron chi connectivity index (χ4n) is 2.69. The van der Waals surface area contributed by atoms with Crippen LogP contribution in [-0.2, 0) is 0 Å². The summed E-state index contributed by atoms with van der Waals surface area (Å²) < 4.78 is 5.18. The van der Waals surface area contributed by atoms with Gasteiger partial charge in [-0.3, -0.25) is 0 Å². The first-order valence-electron chi connectivity index (χ1n) is 6.93. The zero-order valence-electron chi connectivity index (χ0n) is 11.2. The number of nitrogens with one attached hydrogen (secondary N) is 1. The molecular formula is C15H24N2O. The second kappa shape index (κ2) is 6.76. The van der Waals surface area contributed by atoms with Crippen molar-refractivity contribution < 1.29 is 4.74 Å². The van der Waals surface area contributed by atoms with E-state index >= 15 is 0 Å². The number of rotatable bonds is 5. The Labute approximate surface area is 110 Å². The molecule has 1 aromatic rings. The van der Waals surface area contributed by atoms with Gasteiger partial charge >= 0.3 is 0 Å². The minimum Gasteiger partial charge on any atom is -0.497 e. The topological polar surface area (TPSA) is 47.3 Å². The molecule has 0 heterocycles. The summed E-state index contributed by atoms with van der Waals surface area (Å²) in [6.45, 7) is 0.642. The summed E-state index contributed by atoms with van der Waals surface area (Å²) >= 11 is 0. The maximum atomic E-state index is 5.90. The number of hydrogen-bond donors (Lipinski definition) is 2. The molecule has 0 spiro atoms. The summed E-state index contributed by atoms with van der Waals surface area (Å²) in [5.74, 6) is 0.896. The van der Waals surface area contributed by atoms with Gasteiger partial charge in [0.05, 0.1) is 7.11 Å². The highest BCUT2D eigenvalue weighted by atomic mass is 16.5. The van der Waals surface area contributed by atoms with Crippen molar-refractivity contribution >= 4 is 0 Å². The Kier molecular flexibility index (Phi) is 5.02. The highest BCUT2D eigenvalue weighted by molar-refractivity contribution is 5.29. The van der Waals surface area contributed by atoms with Crippen molar-refractivity contribution in [1.82, 2.24) is 5.32 Å². The minimum atomic E-state index is 0.263. The van der Waals surface area contributed by atoms with Crippen LogP contribution >= 0.6 is 0 Å². The van der Waals surface area contributed by atoms with Crippen LogP contribution in [0.3, 0.4) is 0 Å². The third-order valence-electron chi connectivity index (χ3n) is 3.80. The number of methoxy groups -OCH3 is 1. The van der Waals surface area contributed by atoms with Gasteiger partial charge in [-0.25, -0.2) is 0 Å². The van der Waals surface area contributed by atoms with Crippen LogP contribution in [0.4, 0.5) is 0 Å². The van der Waals surface area contributed by atoms with E-state index < -0.39 is 0 Å². The maximum Gasteiger partial charge on any atom is 0.118 e. The van der Waals surface area contributed by atoms with Crippen molar-refractivity contribution in [2.75, 3.05) is 13.7 Å². The van der Waals surface area contributed by atoms with Gasteiger partial charge in [-0.2, -0.15) is 0 Å². The largest absolute Gasteiger partial charge is 0.497 e. The van der Waals surface area contributed by atoms with Gasteiger partial charge in [0.15, 0.2) is 0 Å². The molecule has 0 amide bonds. The van der Waals surface area contributed by atoms with Crippen LogP contribution in [0.2, 0.25) is 0 Å². The minimum absolute atomic E-state index is 0.263. The monoisotopic (exact) mass is 248 g/mol. The van der Waals surface area contributed by atoms with Crippen molar-refractivity contribution in [3.8, 4) is 5.75 Å². The Balaban J connectivity index is 1.97. The van der Waals surface area contributed by atoms with Gasteiger partial charge in [-0.1, -0.05) is 31.4 Å². The lowest BCUT2D eigenvalue weighted by Gasteiger charge is -2.28. The van der Waals surface area contributed by atoms with E-state index in [-0.39, 0.29) is 6.04 Å². The second-order valence-electron chi connectivity index (χ2n) is 5.06. The van der Waals surface area contributed by atoms with Gasteiger partial charge in [-0.15, -0.1) is 0 Å². The molecule has 100 valence electrons. The fraction of sp³-hybridized carbons (Fsp3) is 0.600. The molecule has 1 aliphatic rings. The van der Waals surface area contributed by atoms with Crippen molar-refractivity contribution in [2.24, 2.45) is 5.73 Å². The van der Waals surface area contributed by atoms with Crippen molar-refractivity contribution in [3.63, 3.8) is 0 Å². The molecule has 3 N–H and O–H groups in total. The molecule has 0 saturated heterocycles. The molecule has 1 aliphatic carbocycles. The van der Waals surface area contributed by atoms with E-state index in [0.29, 0.717) is 12.6 Å². The molecule has 2 rings (SSSR count). The SMILES string of the molecule is COc1ccc(C(CN)NC2CCCCC2)cc1. The van der Waals surface area contributed by atoms with Gasteiger partial charge in [0, 0.05) is 18.6 Å². The molecular weight excluding hydrogens is 224 g/mol. The molecule has 0 bridgehead atoms. The predicted molar refractivity (Wildman–Crippen MR) is 74.8 cm³/mol. The summed E-state index contributed by atoms with van der Waals surface area (Å²) in [6.07, 6.45) is 6.64. The highest BCUT2D eigenvalue weighted by Crippen LogP contribution is 2.22. The lowest BCUT2D eigenvalue weighted by atomic mass is 9.94. The van der Waals surface area contributed by atoms with E-state index in [1.165, 1.54) is 37.7 Å². The Bertz CT molecular complexity index is 344. The van der Waals surface area contributed by atoms with Gasteiger partial charge < -0.3 is 15.8 Å². The number of ether oxygens (including phenoxy) is 1. The molecule has 1 atom stereocenters. The summed E-state index contributed by atoms with van der Waals surface area (Å²) in [5, 5.41) is 3.69. The van der Waals surface area contributed by atoms with Crippen LogP contribution < -0.4 is 15.8 Å². The Morgan fingerprint density at radius 1 is 1.22 bits per heavy atom. The van der Waals surface area contributed by atoms with Crippen LogP contribution in [-0.4, -0.2) is 19.7 Å². The number of nitrogens with two attached hydrogens (primary N) is 1. The van der Waals surface area contributed by atoms with E-state index in [4.69, 9.17) is 10.5 Å². The zero-order valence-corrected chi connectivity index (χ0v) is 11.2. The van der Waals surface area contributed by atoms with Crippen molar-refractivity contribution in [1.29, 1.82) is 0 Å². The van der Waals surface area contributed by atoms with Gasteiger partial charge in [0.25, 0.3) is 0 Å². The predicted octanol–water partition coefficient (Wildman–Crippen LogP) is 2.62. The van der Waals surface area contributed by atoms with Gasteiger partial charge in [-0.05, 0) is 30.5 Å². The summed E-state index contributed by atoms with van der Waals surface area (Å²) in [6, 6.07) is 9.10. The number of benzene rings is 1. The van der Waals surface area contributed by atoms with E-state index in [0.717, 1.165) is 5.75 Å². The zero-order chi connectivity index (χ0) is 12.8. The first-order chi connectivity index (χ1) is 8.83. The van der Waals surface area contributed by atoms with E-state index in [1.807, 2.05) is 12.1 Å². The summed E-state index contributed by atoms with van der Waals surface area (Å²) in [4.78, 5) is 0. The lowest BCUT2D eigenvalue weighted by Crippen LogP contribution is -2.37. The molecule has 1 saturated carbocycles. The fourth-order valence-corrected chi connectivity index (χ4v) is 2.69. The summed E-state index contributed by atoms with van der Waals surface area (Å²) in [7, 11) is 1.69. The Morgan fingerprint density at radius 3 is 2.44 bits per heavy atom. The van der Waals surface area contributed by atoms with Crippen LogP contribution in [0, 0.1) is 0 Å². The summed E-state index contributed by atoms with van der Waals surface area (Å²) in [5.41, 5.74) is 7.15. The second-order valence-corrected chi connectivity index (χ2v) is 5.06. The van der Waals surface area contributed by atoms with E-state index in [9.17, 15) is 0 Å². The molecule has 1 fully saturated rings. The first kappa shape index (κ1) is 13.4. The highest BCUT2D eigenvalue weighted by Gasteiger charge is 2.18. The normalized spacial score (nSPS) is 18.6. The molecule has 0 radical (unpaired) electrons. The third-order valence-corrected chi connectivity index (χ3v) is 3.80. The average molecular weight is 248 g/mol. The molecule has 1 aromatic carbocycles. The lowest BCUT2D eigenvalue weighted by molar-refractivity contribution is 0.340. The average Bonchev–Trinajstić information content (AvgIpc) is 2.46. The van der Waals surface area contributed by atoms with Crippen LogP contribution in [0.5, 0.6) is 5.75 Å². The van der Waals surface area contributed by atoms with E-state index in [1.54, 1.807) is 7.11 Å². The van der Waals surface area contributed by atoms with E-state index in [2.05, 4.69) is 17.4 Å². The quantitative estimate of drug-likeness (QED) is 0.842. The van der Waals surface area contributed by atoms with Crippen molar-refractivity contribution in [2.45, 2.75) is 44.2 Å². The van der Waals surface area contributed by atoms with Crippen LogP contribution in [0.1, 0.15) is 43.7 Å². The standard InChI is InChI=1S/C15H24N2O/c1-18-14-9-7-12(8-10-14)15(11-16)17-13-5-3-2-4-6-13/h7-10,13,15,17H,2-6,11,16H2,1H3. The van der Waals surface area contributed by atoms with Gasteiger partial charge in [0.1, 0.15) is 5.75 Å². The molecule has 3 heteroatoms. The smallest absolute Gasteiger partial charge is 0.118 e.